The zero-order chi connectivity index (χ0) is 13.8. The molecular weight excluding hydrogens is 267 g/mol. The van der Waals surface area contributed by atoms with Crippen molar-refractivity contribution in [2.75, 3.05) is 5.32 Å². The summed E-state index contributed by atoms with van der Waals surface area (Å²) in [5, 5.41) is 21.6. The minimum absolute atomic E-state index is 0.0483. The second-order valence-electron chi connectivity index (χ2n) is 3.93. The Morgan fingerprint density at radius 1 is 1.26 bits per heavy atom. The highest BCUT2D eigenvalue weighted by Gasteiger charge is 2.12. The number of phenolic OH excluding ortho intramolecular Hbond substituents is 1. The molecule has 0 aliphatic rings. The molecule has 0 amide bonds. The third-order valence-corrected chi connectivity index (χ3v) is 2.87. The maximum absolute atomic E-state index is 13.1. The molecule has 96 valence electrons. The number of nitriles is 1. The van der Waals surface area contributed by atoms with Crippen LogP contribution in [0.5, 0.6) is 5.75 Å². The first-order valence-corrected chi connectivity index (χ1v) is 5.88. The number of phenols is 1. The molecule has 3 nitrogen and oxygen atoms in total. The molecule has 0 aliphatic heterocycles. The zero-order valence-electron chi connectivity index (χ0n) is 9.77. The second kappa shape index (κ2) is 5.59. The number of rotatable bonds is 3. The third kappa shape index (κ3) is 3.15. The summed E-state index contributed by atoms with van der Waals surface area (Å²) >= 11 is 5.80. The Morgan fingerprint density at radius 3 is 2.68 bits per heavy atom. The van der Waals surface area contributed by atoms with Crippen molar-refractivity contribution in [3.05, 3.63) is 58.9 Å². The molecule has 0 saturated heterocycles. The Bertz CT molecular complexity index is 640. The molecule has 0 radical (unpaired) electrons. The fourth-order valence-electron chi connectivity index (χ4n) is 1.64. The third-order valence-electron chi connectivity index (χ3n) is 2.57. The summed E-state index contributed by atoms with van der Waals surface area (Å²) in [4.78, 5) is 0. The van der Waals surface area contributed by atoms with Gasteiger partial charge in [0.2, 0.25) is 0 Å². The standard InChI is InChI=1S/C14H10ClFN2O/c15-12-6-9(4-5-14(12)19)13(8-17)18-11-3-1-2-10(16)7-11/h1-7,13,18-19H. The lowest BCUT2D eigenvalue weighted by Crippen LogP contribution is -2.08. The molecule has 0 fully saturated rings. The highest BCUT2D eigenvalue weighted by molar-refractivity contribution is 6.32. The number of hydrogen-bond acceptors (Lipinski definition) is 3. The van der Waals surface area contributed by atoms with E-state index in [9.17, 15) is 9.50 Å². The molecule has 0 spiro atoms. The fraction of sp³-hybridized carbons (Fsp3) is 0.0714. The van der Waals surface area contributed by atoms with Gasteiger partial charge < -0.3 is 10.4 Å². The van der Waals surface area contributed by atoms with E-state index in [1.807, 2.05) is 0 Å². The van der Waals surface area contributed by atoms with Gasteiger partial charge in [-0.3, -0.25) is 0 Å². The largest absolute Gasteiger partial charge is 0.506 e. The summed E-state index contributed by atoms with van der Waals surface area (Å²) < 4.78 is 13.1. The van der Waals surface area contributed by atoms with Crippen molar-refractivity contribution in [1.82, 2.24) is 0 Å². The molecule has 0 aromatic heterocycles. The quantitative estimate of drug-likeness (QED) is 0.895. The molecule has 19 heavy (non-hydrogen) atoms. The summed E-state index contributed by atoms with van der Waals surface area (Å²) in [5.41, 5.74) is 1.09. The lowest BCUT2D eigenvalue weighted by Gasteiger charge is -2.14. The lowest BCUT2D eigenvalue weighted by atomic mass is 10.1. The zero-order valence-corrected chi connectivity index (χ0v) is 10.5. The molecule has 2 aromatic rings. The van der Waals surface area contributed by atoms with Crippen molar-refractivity contribution < 1.29 is 9.50 Å². The van der Waals surface area contributed by atoms with Crippen molar-refractivity contribution in [2.45, 2.75) is 6.04 Å². The van der Waals surface area contributed by atoms with Gasteiger partial charge in [-0.15, -0.1) is 0 Å². The van der Waals surface area contributed by atoms with Crippen LogP contribution in [0.1, 0.15) is 11.6 Å². The summed E-state index contributed by atoms with van der Waals surface area (Å²) in [6, 6.07) is 11.7. The van der Waals surface area contributed by atoms with Gasteiger partial charge in [0, 0.05) is 5.69 Å². The average Bonchev–Trinajstić information content (AvgIpc) is 2.39. The van der Waals surface area contributed by atoms with Crippen LogP contribution in [0.25, 0.3) is 0 Å². The minimum atomic E-state index is -0.681. The Labute approximate surface area is 114 Å². The Hall–Kier alpha value is -2.25. The first-order valence-electron chi connectivity index (χ1n) is 5.50. The lowest BCUT2D eigenvalue weighted by molar-refractivity contribution is 0.475. The first kappa shape index (κ1) is 13.2. The molecule has 2 N–H and O–H groups in total. The highest BCUT2D eigenvalue weighted by Crippen LogP contribution is 2.28. The van der Waals surface area contributed by atoms with E-state index in [4.69, 9.17) is 16.9 Å². The number of nitrogens with zero attached hydrogens (tertiary/aromatic N) is 1. The van der Waals surface area contributed by atoms with Gasteiger partial charge in [0.25, 0.3) is 0 Å². The summed E-state index contributed by atoms with van der Waals surface area (Å²) in [6.07, 6.45) is 0. The number of nitrogens with one attached hydrogen (secondary N) is 1. The second-order valence-corrected chi connectivity index (χ2v) is 4.33. The average molecular weight is 277 g/mol. The van der Waals surface area contributed by atoms with Crippen molar-refractivity contribution in [3.63, 3.8) is 0 Å². The van der Waals surface area contributed by atoms with E-state index in [0.717, 1.165) is 0 Å². The monoisotopic (exact) mass is 276 g/mol. The van der Waals surface area contributed by atoms with Gasteiger partial charge in [-0.25, -0.2) is 4.39 Å². The maximum Gasteiger partial charge on any atom is 0.140 e. The Balaban J connectivity index is 2.25. The molecule has 5 heteroatoms. The maximum atomic E-state index is 13.1. The summed E-state index contributed by atoms with van der Waals surface area (Å²) in [6.45, 7) is 0. The van der Waals surface area contributed by atoms with Crippen LogP contribution in [-0.2, 0) is 0 Å². The van der Waals surface area contributed by atoms with Crippen molar-refractivity contribution >= 4 is 17.3 Å². The SMILES string of the molecule is N#CC(Nc1cccc(F)c1)c1ccc(O)c(Cl)c1. The van der Waals surface area contributed by atoms with E-state index in [2.05, 4.69) is 11.4 Å². The fourth-order valence-corrected chi connectivity index (χ4v) is 1.83. The molecule has 0 bridgehead atoms. The van der Waals surface area contributed by atoms with E-state index in [-0.39, 0.29) is 16.6 Å². The number of hydrogen-bond donors (Lipinski definition) is 2. The van der Waals surface area contributed by atoms with Gasteiger partial charge >= 0.3 is 0 Å². The van der Waals surface area contributed by atoms with Gasteiger partial charge in [-0.05, 0) is 35.9 Å². The van der Waals surface area contributed by atoms with Gasteiger partial charge in [0.15, 0.2) is 0 Å². The molecule has 0 heterocycles. The van der Waals surface area contributed by atoms with Gasteiger partial charge in [-0.1, -0.05) is 23.7 Å². The van der Waals surface area contributed by atoms with Crippen molar-refractivity contribution in [3.8, 4) is 11.8 Å². The molecule has 2 rings (SSSR count). The van der Waals surface area contributed by atoms with Crippen LogP contribution in [0.3, 0.4) is 0 Å². The van der Waals surface area contributed by atoms with Crippen LogP contribution in [0, 0.1) is 17.1 Å². The van der Waals surface area contributed by atoms with E-state index in [1.165, 1.54) is 24.3 Å². The topological polar surface area (TPSA) is 56.0 Å². The van der Waals surface area contributed by atoms with Crippen LogP contribution in [0.4, 0.5) is 10.1 Å². The number of aromatic hydroxyl groups is 1. The first-order chi connectivity index (χ1) is 9.10. The van der Waals surface area contributed by atoms with Crippen LogP contribution < -0.4 is 5.32 Å². The molecular formula is C14H10ClFN2O. The number of halogens is 2. The minimum Gasteiger partial charge on any atom is -0.506 e. The van der Waals surface area contributed by atoms with Crippen LogP contribution in [-0.4, -0.2) is 5.11 Å². The smallest absolute Gasteiger partial charge is 0.140 e. The van der Waals surface area contributed by atoms with Crippen molar-refractivity contribution in [2.24, 2.45) is 0 Å². The van der Waals surface area contributed by atoms with Crippen molar-refractivity contribution in [1.29, 1.82) is 5.26 Å². The number of benzene rings is 2. The van der Waals surface area contributed by atoms with E-state index < -0.39 is 6.04 Å². The van der Waals surface area contributed by atoms with Crippen LogP contribution in [0.15, 0.2) is 42.5 Å². The molecule has 0 saturated carbocycles. The molecule has 1 atom stereocenters. The van der Waals surface area contributed by atoms with E-state index >= 15 is 0 Å². The molecule has 1 unspecified atom stereocenters. The summed E-state index contributed by atoms with van der Waals surface area (Å²) in [5.74, 6) is -0.432. The van der Waals surface area contributed by atoms with Gasteiger partial charge in [0.05, 0.1) is 11.1 Å². The van der Waals surface area contributed by atoms with E-state index in [0.29, 0.717) is 11.3 Å². The molecule has 0 aliphatic carbocycles. The number of anilines is 1. The Kier molecular flexibility index (Phi) is 3.88. The van der Waals surface area contributed by atoms with E-state index in [1.54, 1.807) is 18.2 Å². The Morgan fingerprint density at radius 2 is 2.05 bits per heavy atom. The predicted octanol–water partition coefficient (Wildman–Crippen LogP) is 3.86. The van der Waals surface area contributed by atoms with Crippen LogP contribution in [0.2, 0.25) is 5.02 Å². The highest BCUT2D eigenvalue weighted by atomic mass is 35.5. The summed E-state index contributed by atoms with van der Waals surface area (Å²) in [7, 11) is 0. The van der Waals surface area contributed by atoms with Gasteiger partial charge in [-0.2, -0.15) is 5.26 Å². The molecule has 2 aromatic carbocycles. The van der Waals surface area contributed by atoms with Crippen LogP contribution >= 0.6 is 11.6 Å². The van der Waals surface area contributed by atoms with Gasteiger partial charge in [0.1, 0.15) is 17.6 Å². The predicted molar refractivity (Wildman–Crippen MR) is 71.5 cm³/mol. The normalized spacial score (nSPS) is 11.6.